The molecule has 3 heteroatoms. The number of methoxy groups -OCH3 is 1. The zero-order valence-corrected chi connectivity index (χ0v) is 16.1. The normalized spacial score (nSPS) is 11.1. The van der Waals surface area contributed by atoms with Gasteiger partial charge in [0.05, 0.1) is 7.11 Å². The Bertz CT molecular complexity index is 248. The molecule has 0 aromatic heterocycles. The van der Waals surface area contributed by atoms with Gasteiger partial charge in [-0.05, 0) is 45.3 Å². The van der Waals surface area contributed by atoms with Crippen LogP contribution in [0.5, 0.6) is 0 Å². The minimum Gasteiger partial charge on any atom is -0.469 e. The summed E-state index contributed by atoms with van der Waals surface area (Å²) in [6.45, 7) is 8.43. The van der Waals surface area contributed by atoms with E-state index in [4.69, 9.17) is 0 Å². The third-order valence-corrected chi connectivity index (χ3v) is 4.49. The van der Waals surface area contributed by atoms with E-state index in [0.29, 0.717) is 6.42 Å². The summed E-state index contributed by atoms with van der Waals surface area (Å²) in [5, 5.41) is 0. The molecule has 0 amide bonds. The molecule has 138 valence electrons. The van der Waals surface area contributed by atoms with E-state index < -0.39 is 0 Å². The lowest BCUT2D eigenvalue weighted by atomic mass is 10.1. The van der Waals surface area contributed by atoms with E-state index in [2.05, 4.69) is 23.5 Å². The van der Waals surface area contributed by atoms with Crippen LogP contribution in [0.1, 0.15) is 97.3 Å². The van der Waals surface area contributed by atoms with Crippen LogP contribution in [-0.2, 0) is 9.53 Å². The third-order valence-electron chi connectivity index (χ3n) is 4.49. The maximum absolute atomic E-state index is 11.0. The maximum Gasteiger partial charge on any atom is 0.305 e. The van der Waals surface area contributed by atoms with Crippen molar-refractivity contribution < 1.29 is 9.53 Å². The zero-order chi connectivity index (χ0) is 17.2. The van der Waals surface area contributed by atoms with Gasteiger partial charge in [0.25, 0.3) is 0 Å². The second-order valence-corrected chi connectivity index (χ2v) is 6.70. The molecule has 0 heterocycles. The second kappa shape index (κ2) is 17.8. The van der Waals surface area contributed by atoms with Gasteiger partial charge in [-0.15, -0.1) is 0 Å². The van der Waals surface area contributed by atoms with Crippen LogP contribution in [0.4, 0.5) is 0 Å². The molecule has 0 saturated heterocycles. The van der Waals surface area contributed by atoms with Gasteiger partial charge in [0.1, 0.15) is 0 Å². The summed E-state index contributed by atoms with van der Waals surface area (Å²) in [6.07, 6.45) is 16.0. The molecule has 23 heavy (non-hydrogen) atoms. The second-order valence-electron chi connectivity index (χ2n) is 6.70. The molecule has 0 bridgehead atoms. The Morgan fingerprint density at radius 1 is 0.696 bits per heavy atom. The average molecular weight is 328 g/mol. The van der Waals surface area contributed by atoms with Crippen molar-refractivity contribution in [3.05, 3.63) is 0 Å². The van der Waals surface area contributed by atoms with E-state index in [1.807, 2.05) is 0 Å². The van der Waals surface area contributed by atoms with Crippen LogP contribution in [-0.4, -0.2) is 37.6 Å². The number of carbonyl (C=O) groups excluding carboxylic acids is 1. The number of nitrogens with zero attached hydrogens (tertiary/aromatic N) is 1. The largest absolute Gasteiger partial charge is 0.469 e. The first-order valence-corrected chi connectivity index (χ1v) is 10.0. The first-order valence-electron chi connectivity index (χ1n) is 10.0. The molecule has 0 aromatic rings. The number of ether oxygens (including phenoxy) is 1. The number of carbonyl (C=O) groups is 1. The molecule has 0 aromatic carbocycles. The molecule has 0 rings (SSSR count). The molecule has 0 aliphatic heterocycles. The van der Waals surface area contributed by atoms with Gasteiger partial charge >= 0.3 is 5.97 Å². The van der Waals surface area contributed by atoms with Crippen molar-refractivity contribution in [2.24, 2.45) is 0 Å². The van der Waals surface area contributed by atoms with Crippen molar-refractivity contribution >= 4 is 5.97 Å². The lowest BCUT2D eigenvalue weighted by Gasteiger charge is -2.21. The summed E-state index contributed by atoms with van der Waals surface area (Å²) in [5.74, 6) is -0.0688. The van der Waals surface area contributed by atoms with Gasteiger partial charge in [-0.2, -0.15) is 0 Å². The predicted octanol–water partition coefficient (Wildman–Crippen LogP) is 5.57. The van der Waals surface area contributed by atoms with E-state index >= 15 is 0 Å². The van der Waals surface area contributed by atoms with Gasteiger partial charge in [0.2, 0.25) is 0 Å². The smallest absolute Gasteiger partial charge is 0.305 e. The van der Waals surface area contributed by atoms with Crippen molar-refractivity contribution in [1.82, 2.24) is 4.90 Å². The van der Waals surface area contributed by atoms with Crippen LogP contribution in [0.3, 0.4) is 0 Å². The highest BCUT2D eigenvalue weighted by Gasteiger charge is 2.03. The van der Waals surface area contributed by atoms with E-state index in [1.54, 1.807) is 0 Å². The van der Waals surface area contributed by atoms with Crippen molar-refractivity contribution in [3.8, 4) is 0 Å². The molecular formula is C20H41NO2. The summed E-state index contributed by atoms with van der Waals surface area (Å²) in [7, 11) is 1.47. The number of rotatable bonds is 17. The molecule has 0 fully saturated rings. The quantitative estimate of drug-likeness (QED) is 0.258. The standard InChI is InChI=1S/C20H41NO2/c1-4-6-17-21(18-7-5-2)19-15-13-11-9-8-10-12-14-16-20(22)23-3/h4-19H2,1-3H3. The minimum atomic E-state index is -0.0688. The molecular weight excluding hydrogens is 286 g/mol. The Labute approximate surface area is 145 Å². The van der Waals surface area contributed by atoms with Crippen LogP contribution < -0.4 is 0 Å². The van der Waals surface area contributed by atoms with Gasteiger partial charge in [-0.1, -0.05) is 65.2 Å². The molecule has 0 aliphatic rings. The Morgan fingerprint density at radius 3 is 1.61 bits per heavy atom. The summed E-state index contributed by atoms with van der Waals surface area (Å²) in [4.78, 5) is 13.6. The van der Waals surface area contributed by atoms with Crippen LogP contribution in [0.25, 0.3) is 0 Å². The summed E-state index contributed by atoms with van der Waals surface area (Å²) in [5.41, 5.74) is 0. The highest BCUT2D eigenvalue weighted by atomic mass is 16.5. The minimum absolute atomic E-state index is 0.0688. The van der Waals surface area contributed by atoms with E-state index in [-0.39, 0.29) is 5.97 Å². The van der Waals surface area contributed by atoms with Crippen LogP contribution >= 0.6 is 0 Å². The monoisotopic (exact) mass is 327 g/mol. The van der Waals surface area contributed by atoms with Gasteiger partial charge < -0.3 is 9.64 Å². The van der Waals surface area contributed by atoms with E-state index in [1.165, 1.54) is 91.0 Å². The first-order chi connectivity index (χ1) is 11.2. The van der Waals surface area contributed by atoms with E-state index in [9.17, 15) is 4.79 Å². The lowest BCUT2D eigenvalue weighted by molar-refractivity contribution is -0.140. The predicted molar refractivity (Wildman–Crippen MR) is 99.8 cm³/mol. The first kappa shape index (κ1) is 22.4. The highest BCUT2D eigenvalue weighted by molar-refractivity contribution is 5.68. The fourth-order valence-electron chi connectivity index (χ4n) is 2.87. The van der Waals surface area contributed by atoms with Gasteiger partial charge in [-0.25, -0.2) is 0 Å². The molecule has 0 N–H and O–H groups in total. The molecule has 0 aliphatic carbocycles. The van der Waals surface area contributed by atoms with E-state index in [0.717, 1.165) is 12.8 Å². The summed E-state index contributed by atoms with van der Waals surface area (Å²) >= 11 is 0. The Kier molecular flexibility index (Phi) is 17.3. The van der Waals surface area contributed by atoms with Gasteiger partial charge in [-0.3, -0.25) is 4.79 Å². The summed E-state index contributed by atoms with van der Waals surface area (Å²) in [6, 6.07) is 0. The Morgan fingerprint density at radius 2 is 1.13 bits per heavy atom. The van der Waals surface area contributed by atoms with Crippen molar-refractivity contribution in [1.29, 1.82) is 0 Å². The maximum atomic E-state index is 11.0. The van der Waals surface area contributed by atoms with Crippen molar-refractivity contribution in [2.45, 2.75) is 97.3 Å². The SMILES string of the molecule is CCCCN(CCCC)CCCCCCCCCCC(=O)OC. The van der Waals surface area contributed by atoms with Crippen molar-refractivity contribution in [3.63, 3.8) is 0 Å². The average Bonchev–Trinajstić information content (AvgIpc) is 2.57. The topological polar surface area (TPSA) is 29.5 Å². The highest BCUT2D eigenvalue weighted by Crippen LogP contribution is 2.11. The van der Waals surface area contributed by atoms with Crippen LogP contribution in [0.15, 0.2) is 0 Å². The van der Waals surface area contributed by atoms with Gasteiger partial charge in [0.15, 0.2) is 0 Å². The van der Waals surface area contributed by atoms with Crippen molar-refractivity contribution in [2.75, 3.05) is 26.7 Å². The molecule has 0 spiro atoms. The van der Waals surface area contributed by atoms with Gasteiger partial charge in [0, 0.05) is 6.42 Å². The molecule has 0 radical (unpaired) electrons. The third kappa shape index (κ3) is 16.1. The Hall–Kier alpha value is -0.570. The molecule has 3 nitrogen and oxygen atoms in total. The van der Waals surface area contributed by atoms with Crippen LogP contribution in [0.2, 0.25) is 0 Å². The fourth-order valence-corrected chi connectivity index (χ4v) is 2.87. The van der Waals surface area contributed by atoms with Crippen LogP contribution in [0, 0.1) is 0 Å². The number of esters is 1. The fraction of sp³-hybridized carbons (Fsp3) is 0.950. The lowest BCUT2D eigenvalue weighted by Crippen LogP contribution is -2.27. The number of unbranched alkanes of at least 4 members (excludes halogenated alkanes) is 9. The molecule has 0 unspecified atom stereocenters. The molecule has 0 saturated carbocycles. The molecule has 0 atom stereocenters. The Balaban J connectivity index is 3.39. The summed E-state index contributed by atoms with van der Waals surface area (Å²) < 4.78 is 4.65. The number of hydrogen-bond donors (Lipinski definition) is 0. The zero-order valence-electron chi connectivity index (χ0n) is 16.1. The number of hydrogen-bond acceptors (Lipinski definition) is 3.